The van der Waals surface area contributed by atoms with E-state index in [0.717, 1.165) is 17.2 Å². The van der Waals surface area contributed by atoms with E-state index in [1.165, 1.54) is 24.5 Å². The van der Waals surface area contributed by atoms with Gasteiger partial charge >= 0.3 is 18.4 Å². The predicted molar refractivity (Wildman–Crippen MR) is 158 cm³/mol. The van der Waals surface area contributed by atoms with Crippen LogP contribution in [0, 0.1) is 0 Å². The lowest BCUT2D eigenvalue weighted by atomic mass is 10.1. The number of hydrogen-bond acceptors (Lipinski definition) is 9. The second kappa shape index (κ2) is 11.8. The van der Waals surface area contributed by atoms with Gasteiger partial charge in [0, 0.05) is 23.8 Å². The summed E-state index contributed by atoms with van der Waals surface area (Å²) in [7, 11) is 0. The monoisotopic (exact) mass is 629 g/mol. The Labute approximate surface area is 257 Å². The zero-order chi connectivity index (χ0) is 32.7. The van der Waals surface area contributed by atoms with E-state index in [4.69, 9.17) is 18.9 Å². The summed E-state index contributed by atoms with van der Waals surface area (Å²) in [5, 5.41) is 0.395. The van der Waals surface area contributed by atoms with Crippen molar-refractivity contribution in [2.75, 3.05) is 11.5 Å². The van der Waals surface area contributed by atoms with Crippen molar-refractivity contribution in [3.05, 3.63) is 54.6 Å². The van der Waals surface area contributed by atoms with Crippen molar-refractivity contribution in [3.8, 4) is 5.75 Å². The lowest BCUT2D eigenvalue weighted by Crippen LogP contribution is -2.44. The Kier molecular flexibility index (Phi) is 8.38. The largest absolute Gasteiger partial charge is 0.491 e. The van der Waals surface area contributed by atoms with Crippen LogP contribution in [0.1, 0.15) is 66.2 Å². The van der Waals surface area contributed by atoms with Crippen molar-refractivity contribution in [3.63, 3.8) is 0 Å². The van der Waals surface area contributed by atoms with Gasteiger partial charge in [0.05, 0.1) is 22.6 Å². The summed E-state index contributed by atoms with van der Waals surface area (Å²) in [5.41, 5.74) is -1.94. The van der Waals surface area contributed by atoms with Gasteiger partial charge in [-0.3, -0.25) is 4.98 Å². The first-order chi connectivity index (χ1) is 21.0. The molecule has 0 radical (unpaired) electrons. The first kappa shape index (κ1) is 31.9. The molecule has 1 aliphatic rings. The molecule has 0 bridgehead atoms. The molecular weight excluding hydrogens is 595 g/mol. The number of fused-ring (bicyclic) bond motifs is 2. The summed E-state index contributed by atoms with van der Waals surface area (Å²) in [4.78, 5) is 39.8. The molecule has 14 heteroatoms. The van der Waals surface area contributed by atoms with Crippen molar-refractivity contribution >= 4 is 39.9 Å². The molecule has 1 aliphatic heterocycles. The Morgan fingerprint density at radius 2 is 1.62 bits per heavy atom. The Morgan fingerprint density at radius 3 is 2.27 bits per heavy atom. The molecule has 3 aromatic heterocycles. The average molecular weight is 630 g/mol. The zero-order valence-electron chi connectivity index (χ0n) is 25.7. The zero-order valence-corrected chi connectivity index (χ0v) is 25.7. The van der Waals surface area contributed by atoms with Gasteiger partial charge in [0.2, 0.25) is 0 Å². The summed E-state index contributed by atoms with van der Waals surface area (Å²) >= 11 is 0. The van der Waals surface area contributed by atoms with Crippen molar-refractivity contribution in [2.45, 2.75) is 84.1 Å². The van der Waals surface area contributed by atoms with Crippen molar-refractivity contribution < 1.29 is 41.7 Å². The van der Waals surface area contributed by atoms with E-state index in [0.29, 0.717) is 29.6 Å². The number of nitrogens with zero attached hydrogens (tertiary/aromatic N) is 5. The molecule has 0 N–H and O–H groups in total. The number of alkyl halides is 3. The molecule has 0 spiro atoms. The number of halogens is 3. The minimum atomic E-state index is -4.49. The molecular formula is C31H34F3N5O6. The van der Waals surface area contributed by atoms with Gasteiger partial charge in [-0.1, -0.05) is 0 Å². The average Bonchev–Trinajstić information content (AvgIpc) is 3.56. The third-order valence-electron chi connectivity index (χ3n) is 6.70. The number of benzene rings is 1. The third-order valence-corrected chi connectivity index (χ3v) is 6.70. The molecule has 240 valence electrons. The third kappa shape index (κ3) is 7.27. The summed E-state index contributed by atoms with van der Waals surface area (Å²) in [6.07, 6.45) is -1.82. The van der Waals surface area contributed by atoms with E-state index in [1.54, 1.807) is 58.4 Å². The number of anilines is 1. The number of hydrogen-bond donors (Lipinski definition) is 0. The molecule has 45 heavy (non-hydrogen) atoms. The van der Waals surface area contributed by atoms with Crippen molar-refractivity contribution in [1.29, 1.82) is 0 Å². The Morgan fingerprint density at radius 1 is 0.933 bits per heavy atom. The highest BCUT2D eigenvalue weighted by Crippen LogP contribution is 2.36. The Bertz CT molecular complexity index is 1700. The van der Waals surface area contributed by atoms with Gasteiger partial charge in [-0.2, -0.15) is 18.1 Å². The van der Waals surface area contributed by atoms with E-state index in [2.05, 4.69) is 15.0 Å². The number of rotatable bonds is 5. The van der Waals surface area contributed by atoms with Crippen LogP contribution in [0.5, 0.6) is 5.75 Å². The second-order valence-electron chi connectivity index (χ2n) is 12.6. The standard InChI is InChI=1S/C31H34F3N5O6/c1-29(2,3)44-27(40)39(28(41)45-30(4,5)6)26-21-12-14-38(25(21)36-17-37-26)24-10-8-19(43-24)16-42-18-7-9-20-22(31(32,33)34)11-13-35-23(20)15-18/h7,9,11-15,17,19,24H,8,10,16H2,1-6H3. The minimum absolute atomic E-state index is 0.00118. The van der Waals surface area contributed by atoms with Crippen LogP contribution in [-0.2, 0) is 20.4 Å². The van der Waals surface area contributed by atoms with Crippen LogP contribution in [-0.4, -0.2) is 55.6 Å². The SMILES string of the molecule is CC(C)(C)OC(=O)N(C(=O)OC(C)(C)C)c1ncnc2c1ccn2C1CCC(COc2ccc3c(C(F)(F)F)ccnc3c2)O1. The maximum Gasteiger partial charge on any atom is 0.425 e. The molecule has 4 aromatic rings. The molecule has 2 unspecified atom stereocenters. The fourth-order valence-corrected chi connectivity index (χ4v) is 4.90. The van der Waals surface area contributed by atoms with Gasteiger partial charge in [0.1, 0.15) is 41.8 Å². The van der Waals surface area contributed by atoms with Gasteiger partial charge in [-0.05, 0) is 78.6 Å². The van der Waals surface area contributed by atoms with Gasteiger partial charge in [-0.15, -0.1) is 0 Å². The molecule has 0 aliphatic carbocycles. The Balaban J connectivity index is 1.33. The quantitative estimate of drug-likeness (QED) is 0.222. The molecule has 11 nitrogen and oxygen atoms in total. The van der Waals surface area contributed by atoms with E-state index in [-0.39, 0.29) is 29.4 Å². The van der Waals surface area contributed by atoms with Crippen LogP contribution in [0.3, 0.4) is 0 Å². The van der Waals surface area contributed by atoms with Gasteiger partial charge in [0.15, 0.2) is 5.82 Å². The van der Waals surface area contributed by atoms with Crippen LogP contribution in [0.25, 0.3) is 21.9 Å². The summed E-state index contributed by atoms with van der Waals surface area (Å²) in [5.74, 6) is 0.369. The lowest BCUT2D eigenvalue weighted by Gasteiger charge is -2.28. The van der Waals surface area contributed by atoms with E-state index in [1.807, 2.05) is 0 Å². The first-order valence-electron chi connectivity index (χ1n) is 14.3. The van der Waals surface area contributed by atoms with E-state index < -0.39 is 41.4 Å². The highest BCUT2D eigenvalue weighted by molar-refractivity contribution is 6.13. The van der Waals surface area contributed by atoms with Gasteiger partial charge in [0.25, 0.3) is 0 Å². The van der Waals surface area contributed by atoms with Crippen LogP contribution in [0.2, 0.25) is 0 Å². The molecule has 1 aromatic carbocycles. The highest BCUT2D eigenvalue weighted by Gasteiger charge is 2.36. The van der Waals surface area contributed by atoms with Gasteiger partial charge < -0.3 is 23.5 Å². The summed E-state index contributed by atoms with van der Waals surface area (Å²) in [6, 6.07) is 6.91. The molecule has 2 atom stereocenters. The van der Waals surface area contributed by atoms with Crippen LogP contribution >= 0.6 is 0 Å². The molecule has 1 saturated heterocycles. The number of carbonyl (C=O) groups is 2. The second-order valence-corrected chi connectivity index (χ2v) is 12.6. The minimum Gasteiger partial charge on any atom is -0.491 e. The summed E-state index contributed by atoms with van der Waals surface area (Å²) < 4.78 is 64.9. The number of carbonyl (C=O) groups excluding carboxylic acids is 2. The summed E-state index contributed by atoms with van der Waals surface area (Å²) in [6.45, 7) is 10.3. The van der Waals surface area contributed by atoms with Crippen LogP contribution in [0.4, 0.5) is 28.6 Å². The number of ether oxygens (including phenoxy) is 4. The molecule has 5 rings (SSSR count). The maximum absolute atomic E-state index is 13.3. The fourth-order valence-electron chi connectivity index (χ4n) is 4.90. The normalized spacial score (nSPS) is 17.4. The molecule has 2 amide bonds. The number of amides is 2. The number of imide groups is 1. The van der Waals surface area contributed by atoms with Crippen molar-refractivity contribution in [2.24, 2.45) is 0 Å². The molecule has 4 heterocycles. The molecule has 0 saturated carbocycles. The van der Waals surface area contributed by atoms with E-state index >= 15 is 0 Å². The number of pyridine rings is 1. The highest BCUT2D eigenvalue weighted by atomic mass is 19.4. The fraction of sp³-hybridized carbons (Fsp3) is 0.452. The van der Waals surface area contributed by atoms with Crippen LogP contribution in [0.15, 0.2) is 49.1 Å². The topological polar surface area (TPSA) is 118 Å². The van der Waals surface area contributed by atoms with Gasteiger partial charge in [-0.25, -0.2) is 19.6 Å². The number of aromatic nitrogens is 4. The Hall–Kier alpha value is -4.46. The lowest BCUT2D eigenvalue weighted by molar-refractivity contribution is -0.136. The van der Waals surface area contributed by atoms with Crippen LogP contribution < -0.4 is 9.64 Å². The first-order valence-corrected chi connectivity index (χ1v) is 14.3. The predicted octanol–water partition coefficient (Wildman–Crippen LogP) is 7.43. The smallest absolute Gasteiger partial charge is 0.425 e. The van der Waals surface area contributed by atoms with E-state index in [9.17, 15) is 22.8 Å². The molecule has 1 fully saturated rings. The maximum atomic E-state index is 13.3. The van der Waals surface area contributed by atoms with Crippen molar-refractivity contribution in [1.82, 2.24) is 19.5 Å².